The Hall–Kier alpha value is 1.51. The van der Waals surface area contributed by atoms with Crippen molar-refractivity contribution in [2.24, 2.45) is 0 Å². The molecule has 1 radical (unpaired) electrons. The number of hydrogen-bond acceptors (Lipinski definition) is 1. The van der Waals surface area contributed by atoms with Crippen molar-refractivity contribution in [2.45, 2.75) is 0 Å². The van der Waals surface area contributed by atoms with Crippen molar-refractivity contribution >= 4 is 4.68 Å². The van der Waals surface area contributed by atoms with E-state index in [-0.39, 0.29) is 51.8 Å². The first-order valence-corrected chi connectivity index (χ1v) is 1.52. The molecule has 0 atom stereocenters. The molecule has 0 unspecified atom stereocenters. The van der Waals surface area contributed by atoms with Crippen molar-refractivity contribution in [3.05, 3.63) is 12.7 Å². The Kier molecular flexibility index (Phi) is 44.8. The molecule has 5 heteroatoms. The first-order valence-electron chi connectivity index (χ1n) is 1.05. The maximum Gasteiger partial charge on any atom is 0 e. The molecule has 55 valence electrons. The minimum Gasteiger partial charge on any atom is 0 e. The van der Waals surface area contributed by atoms with Crippen LogP contribution < -0.4 is 0 Å². The van der Waals surface area contributed by atoms with E-state index in [1.165, 1.54) is 0 Å². The zero-order valence-electron chi connectivity index (χ0n) is 3.61. The van der Waals surface area contributed by atoms with Gasteiger partial charge in [0.1, 0.15) is 0 Å². The topological polar surface area (TPSA) is 17.1 Å². The third-order valence-corrected chi connectivity index (χ3v) is 0.337. The van der Waals surface area contributed by atoms with Gasteiger partial charge in [-0.1, -0.05) is 0 Å². The Balaban J connectivity index is -0.0000000267. The maximum absolute atomic E-state index is 9.50. The van der Waals surface area contributed by atoms with E-state index in [1.807, 2.05) is 0 Å². The summed E-state index contributed by atoms with van der Waals surface area (Å²) in [6, 6.07) is 0. The Labute approximate surface area is 89.2 Å². The van der Waals surface area contributed by atoms with E-state index in [9.17, 15) is 4.79 Å². The summed E-state index contributed by atoms with van der Waals surface area (Å²) in [6.45, 7) is 3.10. The zero-order chi connectivity index (χ0) is 4.28. The monoisotopic (exact) mass is 285 g/mol. The Morgan fingerprint density at radius 2 is 1.62 bits per heavy atom. The van der Waals surface area contributed by atoms with Gasteiger partial charge in [0, 0.05) is 51.8 Å². The quantitative estimate of drug-likeness (QED) is 0.498. The van der Waals surface area contributed by atoms with Crippen molar-refractivity contribution in [3.63, 3.8) is 0 Å². The summed E-state index contributed by atoms with van der Waals surface area (Å²) in [5.74, 6) is 0. The second-order valence-electron chi connectivity index (χ2n) is 0.471. The molecule has 0 aliphatic carbocycles. The van der Waals surface area contributed by atoms with Crippen LogP contribution in [0.4, 0.5) is 0 Å². The molecule has 0 N–H and O–H groups in total. The van der Waals surface area contributed by atoms with Crippen LogP contribution in [-0.4, -0.2) is 4.68 Å². The van der Waals surface area contributed by atoms with Crippen molar-refractivity contribution in [1.82, 2.24) is 0 Å². The van der Waals surface area contributed by atoms with Gasteiger partial charge in [-0.05, 0) is 0 Å². The average Bonchev–Trinajstić information content (AvgIpc) is 1.38. The Morgan fingerprint density at radius 3 is 1.62 bits per heavy atom. The zero-order valence-corrected chi connectivity index (χ0v) is 8.05. The normalized spacial score (nSPS) is 4.25. The molecule has 1 nitrogen and oxygen atoms in total. The molecule has 0 amide bonds. The molecule has 0 heterocycles. The fourth-order valence-corrected chi connectivity index (χ4v) is 0. The number of hydrogen-bond donors (Lipinski definition) is 0. The van der Waals surface area contributed by atoms with E-state index < -0.39 is 4.68 Å². The van der Waals surface area contributed by atoms with Gasteiger partial charge < -0.3 is 0 Å². The molecule has 0 saturated carbocycles. The number of carbonyl (C=O) groups excluding carboxylic acids is 1. The maximum atomic E-state index is 9.50. The van der Waals surface area contributed by atoms with Gasteiger partial charge in [0.15, 0.2) is 0 Å². The van der Waals surface area contributed by atoms with Gasteiger partial charge in [0.25, 0.3) is 0 Å². The van der Waals surface area contributed by atoms with Crippen LogP contribution in [0.5, 0.6) is 0 Å². The second-order valence-corrected chi connectivity index (χ2v) is 0.935. The van der Waals surface area contributed by atoms with Crippen molar-refractivity contribution < 1.29 is 72.6 Å². The molecule has 0 aromatic rings. The predicted molar refractivity (Wildman–Crippen MR) is 15.2 cm³/mol. The van der Waals surface area contributed by atoms with Crippen LogP contribution in [0.2, 0.25) is 0 Å². The van der Waals surface area contributed by atoms with Crippen LogP contribution in [0, 0.1) is 0 Å². The van der Waals surface area contributed by atoms with E-state index in [2.05, 4.69) is 22.6 Å². The molecule has 0 rings (SSSR count). The third-order valence-electron chi connectivity index (χ3n) is 0.145. The van der Waals surface area contributed by atoms with Crippen molar-refractivity contribution in [2.75, 3.05) is 0 Å². The molecule has 0 spiro atoms. The predicted octanol–water partition coefficient (Wildman–Crippen LogP) is 0.238. The molecule has 0 aromatic heterocycles. The molecular formula is C3H3Cr2Cu2O. The summed E-state index contributed by atoms with van der Waals surface area (Å²) in [6.07, 6.45) is 1.08. The molecular weight excluding hydrogens is 283 g/mol. The SMILES string of the molecule is C=C[C](=O)[Cu].[Cr].[Cr].[Cu]. The van der Waals surface area contributed by atoms with Crippen molar-refractivity contribution in [3.8, 4) is 0 Å². The molecule has 8 heavy (non-hydrogen) atoms. The standard InChI is InChI=1S/C3H3O.2Cr.2Cu/c1-2-3-4;;;;/h2H,1H2;;;;. The smallest absolute Gasteiger partial charge is 0 e. The summed E-state index contributed by atoms with van der Waals surface area (Å²) >= 11 is 4.15. The summed E-state index contributed by atoms with van der Waals surface area (Å²) in [5, 5.41) is 0. The molecule has 0 saturated heterocycles. The Bertz CT molecular complexity index is 66.3. The van der Waals surface area contributed by atoms with Gasteiger partial charge in [-0.2, -0.15) is 0 Å². The fraction of sp³-hybridized carbons (Fsp3) is 0. The minimum absolute atomic E-state index is 0. The average molecular weight is 286 g/mol. The summed E-state index contributed by atoms with van der Waals surface area (Å²) < 4.78 is -0.419. The third kappa shape index (κ3) is 25.8. The van der Waals surface area contributed by atoms with Crippen LogP contribution in [-0.2, 0) is 72.6 Å². The van der Waals surface area contributed by atoms with Gasteiger partial charge in [-0.3, -0.25) is 0 Å². The summed E-state index contributed by atoms with van der Waals surface area (Å²) in [5.41, 5.74) is 0. The Morgan fingerprint density at radius 1 is 1.50 bits per heavy atom. The van der Waals surface area contributed by atoms with Crippen LogP contribution in [0.1, 0.15) is 0 Å². The van der Waals surface area contributed by atoms with Crippen molar-refractivity contribution in [1.29, 1.82) is 0 Å². The number of carbonyl (C=O) groups is 1. The second kappa shape index (κ2) is 15.8. The van der Waals surface area contributed by atoms with Crippen LogP contribution in [0.25, 0.3) is 0 Å². The number of rotatable bonds is 1. The molecule has 0 bridgehead atoms. The van der Waals surface area contributed by atoms with E-state index in [4.69, 9.17) is 0 Å². The summed E-state index contributed by atoms with van der Waals surface area (Å²) in [7, 11) is 0. The van der Waals surface area contributed by atoms with Crippen LogP contribution >= 0.6 is 0 Å². The van der Waals surface area contributed by atoms with Gasteiger partial charge >= 0.3 is 38.1 Å². The van der Waals surface area contributed by atoms with E-state index >= 15 is 0 Å². The van der Waals surface area contributed by atoms with Crippen LogP contribution in [0.15, 0.2) is 12.7 Å². The van der Waals surface area contributed by atoms with E-state index in [0.717, 1.165) is 6.08 Å². The van der Waals surface area contributed by atoms with Gasteiger partial charge in [0.2, 0.25) is 0 Å². The van der Waals surface area contributed by atoms with E-state index in [1.54, 1.807) is 0 Å². The first-order chi connectivity index (χ1) is 2.27. The number of allylic oxidation sites excluding steroid dienone is 1. The van der Waals surface area contributed by atoms with Gasteiger partial charge in [-0.15, -0.1) is 0 Å². The van der Waals surface area contributed by atoms with Gasteiger partial charge in [-0.25, -0.2) is 0 Å². The largest absolute Gasteiger partial charge is 0 e. The molecule has 0 aliphatic heterocycles. The minimum atomic E-state index is -0.419. The van der Waals surface area contributed by atoms with Gasteiger partial charge in [0.05, 0.1) is 0 Å². The van der Waals surface area contributed by atoms with Crippen LogP contribution in [0.3, 0.4) is 0 Å². The van der Waals surface area contributed by atoms with E-state index in [0.29, 0.717) is 0 Å². The first kappa shape index (κ1) is 22.7. The fourth-order valence-electron chi connectivity index (χ4n) is 0. The molecule has 0 fully saturated rings. The molecule has 0 aliphatic rings. The molecule has 0 aromatic carbocycles. The summed E-state index contributed by atoms with van der Waals surface area (Å²) in [4.78, 5) is 9.50.